The second-order valence-electron chi connectivity index (χ2n) is 12.0. The second-order valence-corrected chi connectivity index (χ2v) is 12.9. The third-order valence-corrected chi connectivity index (χ3v) is 9.62. The predicted molar refractivity (Wildman–Crippen MR) is 185 cm³/mol. The van der Waals surface area contributed by atoms with E-state index in [9.17, 15) is 9.59 Å². The standard InChI is InChI=1S/C37H47BrFN3O4/c1-4-41(21-23-46-36(44)37(3,39)31-18-16-28(17-19-31)27-12-8-6-9-13-27)20-22-45-35(43)29-24-30(34(40)33(38)25-29)26-42(5-2)32-14-10-7-11-15-32/h6,8-9,12-13,16-19,24-25,32H,4-5,7,10-11,14-15,20-23,26,40H2,1-3H3. The molecule has 1 atom stereocenters. The van der Waals surface area contributed by atoms with Crippen molar-refractivity contribution in [3.05, 3.63) is 87.9 Å². The van der Waals surface area contributed by atoms with Crippen molar-refractivity contribution in [1.29, 1.82) is 0 Å². The van der Waals surface area contributed by atoms with Gasteiger partial charge in [-0.1, -0.05) is 87.7 Å². The van der Waals surface area contributed by atoms with E-state index < -0.39 is 17.6 Å². The number of nitrogens with two attached hydrogens (primary N) is 1. The molecule has 7 nitrogen and oxygen atoms in total. The zero-order valence-corrected chi connectivity index (χ0v) is 28.9. The van der Waals surface area contributed by atoms with Crippen molar-refractivity contribution in [2.75, 3.05) is 45.1 Å². The highest BCUT2D eigenvalue weighted by Gasteiger charge is 2.37. The van der Waals surface area contributed by atoms with Gasteiger partial charge in [-0.25, -0.2) is 14.0 Å². The molecule has 1 aliphatic rings. The van der Waals surface area contributed by atoms with Gasteiger partial charge < -0.3 is 15.2 Å². The molecule has 1 fully saturated rings. The first kappa shape index (κ1) is 35.6. The Bertz CT molecular complexity index is 1430. The lowest BCUT2D eigenvalue weighted by Gasteiger charge is -2.34. The van der Waals surface area contributed by atoms with Crippen LogP contribution in [0.3, 0.4) is 0 Å². The number of rotatable bonds is 15. The highest BCUT2D eigenvalue weighted by Crippen LogP contribution is 2.31. The van der Waals surface area contributed by atoms with Crippen LogP contribution in [0, 0.1) is 0 Å². The molecule has 0 bridgehead atoms. The minimum atomic E-state index is -2.28. The molecule has 0 saturated heterocycles. The summed E-state index contributed by atoms with van der Waals surface area (Å²) in [5, 5.41) is 0. The summed E-state index contributed by atoms with van der Waals surface area (Å²) < 4.78 is 27.2. The summed E-state index contributed by atoms with van der Waals surface area (Å²) in [7, 11) is 0. The molecule has 0 radical (unpaired) electrons. The van der Waals surface area contributed by atoms with Crippen molar-refractivity contribution in [2.24, 2.45) is 0 Å². The Hall–Kier alpha value is -3.27. The summed E-state index contributed by atoms with van der Waals surface area (Å²) in [5.74, 6) is -1.35. The van der Waals surface area contributed by atoms with E-state index in [1.54, 1.807) is 30.3 Å². The number of likely N-dealkylation sites (N-methyl/N-ethyl adjacent to an activating group) is 1. The molecule has 4 rings (SSSR count). The van der Waals surface area contributed by atoms with Crippen LogP contribution in [0.1, 0.15) is 74.4 Å². The minimum absolute atomic E-state index is 0.0193. The third-order valence-electron chi connectivity index (χ3n) is 8.97. The number of carbonyl (C=O) groups is 2. The summed E-state index contributed by atoms with van der Waals surface area (Å²) in [6, 6.07) is 20.7. The molecule has 1 unspecified atom stereocenters. The van der Waals surface area contributed by atoms with E-state index >= 15 is 4.39 Å². The number of carbonyl (C=O) groups excluding carboxylic acids is 2. The normalized spacial score (nSPS) is 15.1. The number of nitrogens with zero attached hydrogens (tertiary/aromatic N) is 2. The topological polar surface area (TPSA) is 85.1 Å². The second kappa shape index (κ2) is 17.0. The van der Waals surface area contributed by atoms with Crippen LogP contribution in [-0.2, 0) is 26.5 Å². The van der Waals surface area contributed by atoms with Gasteiger partial charge in [-0.05, 0) is 77.6 Å². The zero-order valence-electron chi connectivity index (χ0n) is 27.3. The summed E-state index contributed by atoms with van der Waals surface area (Å²) in [5.41, 5.74) is 8.33. The maximum absolute atomic E-state index is 15.5. The van der Waals surface area contributed by atoms with Crippen LogP contribution in [-0.4, -0.2) is 67.2 Å². The van der Waals surface area contributed by atoms with Gasteiger partial charge in [0.15, 0.2) is 0 Å². The largest absolute Gasteiger partial charge is 0.462 e. The van der Waals surface area contributed by atoms with Crippen molar-refractivity contribution in [3.8, 4) is 11.1 Å². The zero-order chi connectivity index (χ0) is 33.1. The lowest BCUT2D eigenvalue weighted by atomic mass is 9.93. The Morgan fingerprint density at radius 1 is 0.913 bits per heavy atom. The quantitative estimate of drug-likeness (QED) is 0.129. The molecule has 0 aliphatic heterocycles. The minimum Gasteiger partial charge on any atom is -0.462 e. The fourth-order valence-corrected chi connectivity index (χ4v) is 6.49. The summed E-state index contributed by atoms with van der Waals surface area (Å²) in [6.07, 6.45) is 6.19. The summed E-state index contributed by atoms with van der Waals surface area (Å²) in [6.45, 7) is 8.62. The molecule has 1 aliphatic carbocycles. The van der Waals surface area contributed by atoms with Gasteiger partial charge in [0.1, 0.15) is 13.2 Å². The van der Waals surface area contributed by atoms with E-state index in [4.69, 9.17) is 15.2 Å². The van der Waals surface area contributed by atoms with E-state index in [0.29, 0.717) is 47.9 Å². The Balaban J connectivity index is 1.25. The molecule has 0 amide bonds. The molecule has 0 heterocycles. The Morgan fingerprint density at radius 2 is 1.54 bits per heavy atom. The average Bonchev–Trinajstić information content (AvgIpc) is 3.08. The molecular formula is C37H47BrFN3O4. The van der Waals surface area contributed by atoms with Crippen LogP contribution < -0.4 is 5.73 Å². The number of benzene rings is 3. The number of halogens is 2. The maximum Gasteiger partial charge on any atom is 0.348 e. The van der Waals surface area contributed by atoms with Gasteiger partial charge in [-0.15, -0.1) is 0 Å². The molecule has 46 heavy (non-hydrogen) atoms. The number of alkyl halides is 1. The molecule has 2 N–H and O–H groups in total. The van der Waals surface area contributed by atoms with Gasteiger partial charge in [-0.2, -0.15) is 0 Å². The number of ether oxygens (including phenoxy) is 2. The molecule has 3 aromatic carbocycles. The van der Waals surface area contributed by atoms with Crippen molar-refractivity contribution in [2.45, 2.75) is 71.1 Å². The van der Waals surface area contributed by atoms with Gasteiger partial charge in [0.2, 0.25) is 5.67 Å². The van der Waals surface area contributed by atoms with Crippen molar-refractivity contribution in [1.82, 2.24) is 9.80 Å². The fraction of sp³-hybridized carbons (Fsp3) is 0.459. The van der Waals surface area contributed by atoms with E-state index in [2.05, 4.69) is 27.8 Å². The van der Waals surface area contributed by atoms with Crippen LogP contribution in [0.4, 0.5) is 10.1 Å². The highest BCUT2D eigenvalue weighted by atomic mass is 79.9. The maximum atomic E-state index is 15.5. The average molecular weight is 697 g/mol. The molecular weight excluding hydrogens is 649 g/mol. The number of anilines is 1. The van der Waals surface area contributed by atoms with Crippen LogP contribution in [0.5, 0.6) is 0 Å². The summed E-state index contributed by atoms with van der Waals surface area (Å²) in [4.78, 5) is 30.1. The molecule has 0 spiro atoms. The van der Waals surface area contributed by atoms with Crippen molar-refractivity contribution in [3.63, 3.8) is 0 Å². The van der Waals surface area contributed by atoms with Gasteiger partial charge in [0, 0.05) is 35.7 Å². The van der Waals surface area contributed by atoms with Crippen LogP contribution in [0.25, 0.3) is 11.1 Å². The predicted octanol–water partition coefficient (Wildman–Crippen LogP) is 7.76. The first-order valence-corrected chi connectivity index (χ1v) is 17.2. The van der Waals surface area contributed by atoms with Crippen LogP contribution in [0.15, 0.2) is 71.2 Å². The number of hydrogen-bond donors (Lipinski definition) is 1. The Labute approximate surface area is 281 Å². The van der Waals surface area contributed by atoms with Gasteiger partial charge in [-0.3, -0.25) is 9.80 Å². The first-order valence-electron chi connectivity index (χ1n) is 16.4. The lowest BCUT2D eigenvalue weighted by Crippen LogP contribution is -2.36. The molecule has 1 saturated carbocycles. The molecule has 3 aromatic rings. The Kier molecular flexibility index (Phi) is 13.2. The SMILES string of the molecule is CCN(CCOC(=O)c1cc(Br)c(N)c(CN(CC)C2CCCCC2)c1)CCOC(=O)C(C)(F)c1ccc(-c2ccccc2)cc1. The van der Waals surface area contributed by atoms with Gasteiger partial charge in [0.25, 0.3) is 0 Å². The number of nitrogen functional groups attached to an aromatic ring is 1. The van der Waals surface area contributed by atoms with E-state index in [1.807, 2.05) is 48.2 Å². The highest BCUT2D eigenvalue weighted by molar-refractivity contribution is 9.10. The lowest BCUT2D eigenvalue weighted by molar-refractivity contribution is -0.157. The van der Waals surface area contributed by atoms with E-state index in [-0.39, 0.29) is 18.8 Å². The number of esters is 2. The monoisotopic (exact) mass is 695 g/mol. The van der Waals surface area contributed by atoms with E-state index in [1.165, 1.54) is 39.0 Å². The molecule has 248 valence electrons. The van der Waals surface area contributed by atoms with Crippen molar-refractivity contribution >= 4 is 33.6 Å². The summed E-state index contributed by atoms with van der Waals surface area (Å²) >= 11 is 3.53. The first-order chi connectivity index (χ1) is 22.1. The van der Waals surface area contributed by atoms with Gasteiger partial charge >= 0.3 is 11.9 Å². The van der Waals surface area contributed by atoms with E-state index in [0.717, 1.165) is 23.2 Å². The number of hydrogen-bond acceptors (Lipinski definition) is 7. The van der Waals surface area contributed by atoms with Crippen LogP contribution >= 0.6 is 15.9 Å². The Morgan fingerprint density at radius 3 is 2.17 bits per heavy atom. The van der Waals surface area contributed by atoms with Gasteiger partial charge in [0.05, 0.1) is 11.3 Å². The molecule has 0 aromatic heterocycles. The van der Waals surface area contributed by atoms with Crippen molar-refractivity contribution < 1.29 is 23.5 Å². The molecule has 9 heteroatoms. The fourth-order valence-electron chi connectivity index (χ4n) is 5.99. The third kappa shape index (κ3) is 9.39. The smallest absolute Gasteiger partial charge is 0.348 e. The van der Waals surface area contributed by atoms with Crippen LogP contribution in [0.2, 0.25) is 0 Å².